The number of sulfonamides is 1. The zero-order valence-electron chi connectivity index (χ0n) is 14.7. The fourth-order valence-corrected chi connectivity index (χ4v) is 3.27. The van der Waals surface area contributed by atoms with Gasteiger partial charge < -0.3 is 5.32 Å². The van der Waals surface area contributed by atoms with E-state index in [1.807, 2.05) is 25.1 Å². The fourth-order valence-electron chi connectivity index (χ4n) is 2.69. The van der Waals surface area contributed by atoms with Crippen molar-refractivity contribution in [2.75, 3.05) is 16.3 Å². The number of aryl methyl sites for hydroxylation is 2. The molecule has 0 spiro atoms. The number of pyridine rings is 1. The second-order valence-electron chi connectivity index (χ2n) is 6.19. The summed E-state index contributed by atoms with van der Waals surface area (Å²) in [5, 5.41) is 3.64. The van der Waals surface area contributed by atoms with Crippen LogP contribution in [0, 0.1) is 13.8 Å². The van der Waals surface area contributed by atoms with Gasteiger partial charge >= 0.3 is 0 Å². The van der Waals surface area contributed by atoms with Crippen molar-refractivity contribution in [3.63, 3.8) is 0 Å². The van der Waals surface area contributed by atoms with Crippen LogP contribution in [0.4, 0.5) is 11.4 Å². The summed E-state index contributed by atoms with van der Waals surface area (Å²) >= 11 is 0. The maximum atomic E-state index is 12.8. The third kappa shape index (κ3) is 4.00. The number of fused-ring (bicyclic) bond motifs is 1. The highest BCUT2D eigenvalue weighted by Gasteiger charge is 2.15. The quantitative estimate of drug-likeness (QED) is 0.737. The predicted octanol–water partition coefficient (Wildman–Crippen LogP) is 3.48. The molecule has 0 aliphatic carbocycles. The third-order valence-electron chi connectivity index (χ3n) is 3.88. The van der Waals surface area contributed by atoms with Crippen LogP contribution in [0.3, 0.4) is 0 Å². The van der Waals surface area contributed by atoms with Gasteiger partial charge in [0.1, 0.15) is 0 Å². The summed E-state index contributed by atoms with van der Waals surface area (Å²) in [6, 6.07) is 14.3. The minimum Gasteiger partial charge on any atom is -0.320 e. The molecule has 0 unspecified atom stereocenters. The van der Waals surface area contributed by atoms with Gasteiger partial charge in [0.05, 0.1) is 34.4 Å². The van der Waals surface area contributed by atoms with Crippen LogP contribution in [0.1, 0.15) is 21.6 Å². The highest BCUT2D eigenvalue weighted by Crippen LogP contribution is 2.24. The first-order chi connectivity index (χ1) is 12.2. The first-order valence-electron chi connectivity index (χ1n) is 7.99. The van der Waals surface area contributed by atoms with Gasteiger partial charge in [-0.2, -0.15) is 0 Å². The molecule has 0 saturated heterocycles. The average Bonchev–Trinajstić information content (AvgIpc) is 2.55. The van der Waals surface area contributed by atoms with E-state index < -0.39 is 10.0 Å². The van der Waals surface area contributed by atoms with Crippen molar-refractivity contribution in [2.24, 2.45) is 0 Å². The number of benzene rings is 2. The van der Waals surface area contributed by atoms with E-state index in [4.69, 9.17) is 0 Å². The van der Waals surface area contributed by atoms with Gasteiger partial charge in [-0.1, -0.05) is 23.8 Å². The molecule has 0 fully saturated rings. The number of carbonyl (C=O) groups is 1. The predicted molar refractivity (Wildman–Crippen MR) is 104 cm³/mol. The molecule has 0 bridgehead atoms. The van der Waals surface area contributed by atoms with Crippen molar-refractivity contribution in [1.82, 2.24) is 4.98 Å². The number of carbonyl (C=O) groups excluding carboxylic acids is 1. The van der Waals surface area contributed by atoms with Gasteiger partial charge in [-0.3, -0.25) is 14.5 Å². The largest absolute Gasteiger partial charge is 0.320 e. The van der Waals surface area contributed by atoms with E-state index >= 15 is 0 Å². The standard InChI is InChI=1S/C19H19N3O3S/c1-12-8-9-16-14(10-12)11-15(13(2)20-16)19(23)21-17-6-4-5-7-18(17)22-26(3,24)25/h4-11,22H,1-3H3,(H,21,23). The zero-order valence-corrected chi connectivity index (χ0v) is 15.5. The Balaban J connectivity index is 1.96. The summed E-state index contributed by atoms with van der Waals surface area (Å²) in [7, 11) is -3.46. The van der Waals surface area contributed by atoms with E-state index in [2.05, 4.69) is 15.0 Å². The van der Waals surface area contributed by atoms with Crippen LogP contribution in [0.15, 0.2) is 48.5 Å². The molecule has 26 heavy (non-hydrogen) atoms. The Morgan fingerprint density at radius 3 is 2.38 bits per heavy atom. The molecule has 1 aromatic heterocycles. The third-order valence-corrected chi connectivity index (χ3v) is 4.47. The molecule has 2 aromatic carbocycles. The molecule has 6 nitrogen and oxygen atoms in total. The molecular weight excluding hydrogens is 350 g/mol. The van der Waals surface area contributed by atoms with Crippen molar-refractivity contribution < 1.29 is 13.2 Å². The Morgan fingerprint density at radius 1 is 1.00 bits per heavy atom. The maximum Gasteiger partial charge on any atom is 0.257 e. The Hall–Kier alpha value is -2.93. The topological polar surface area (TPSA) is 88.2 Å². The first kappa shape index (κ1) is 17.9. The van der Waals surface area contributed by atoms with Crippen molar-refractivity contribution in [1.29, 1.82) is 0 Å². The number of para-hydroxylation sites is 2. The van der Waals surface area contributed by atoms with E-state index in [0.717, 1.165) is 22.7 Å². The minimum absolute atomic E-state index is 0.311. The summed E-state index contributed by atoms with van der Waals surface area (Å²) in [6.07, 6.45) is 1.06. The highest BCUT2D eigenvalue weighted by atomic mass is 32.2. The smallest absolute Gasteiger partial charge is 0.257 e. The Kier molecular flexibility index (Phi) is 4.65. The molecular formula is C19H19N3O3S. The summed E-state index contributed by atoms with van der Waals surface area (Å²) in [6.45, 7) is 3.75. The van der Waals surface area contributed by atoms with Gasteiger partial charge in [0.15, 0.2) is 0 Å². The molecule has 3 rings (SSSR count). The second-order valence-corrected chi connectivity index (χ2v) is 7.94. The lowest BCUT2D eigenvalue weighted by molar-refractivity contribution is 0.102. The van der Waals surface area contributed by atoms with Crippen LogP contribution in [-0.4, -0.2) is 25.6 Å². The minimum atomic E-state index is -3.46. The number of amides is 1. The lowest BCUT2D eigenvalue weighted by atomic mass is 10.1. The Morgan fingerprint density at radius 2 is 1.69 bits per heavy atom. The number of anilines is 2. The van der Waals surface area contributed by atoms with Crippen LogP contribution in [0.25, 0.3) is 10.9 Å². The van der Waals surface area contributed by atoms with E-state index in [9.17, 15) is 13.2 Å². The van der Waals surface area contributed by atoms with Crippen molar-refractivity contribution >= 4 is 38.2 Å². The Labute approximate surface area is 152 Å². The van der Waals surface area contributed by atoms with E-state index in [-0.39, 0.29) is 5.91 Å². The molecule has 134 valence electrons. The summed E-state index contributed by atoms with van der Waals surface area (Å²) in [5.41, 5.74) is 3.64. The molecule has 0 aliphatic rings. The monoisotopic (exact) mass is 369 g/mol. The molecule has 0 radical (unpaired) electrons. The van der Waals surface area contributed by atoms with Gasteiger partial charge in [-0.05, 0) is 44.2 Å². The van der Waals surface area contributed by atoms with Crippen molar-refractivity contribution in [3.05, 3.63) is 65.4 Å². The lowest BCUT2D eigenvalue weighted by Gasteiger charge is -2.13. The number of aromatic nitrogens is 1. The molecule has 3 aromatic rings. The maximum absolute atomic E-state index is 12.8. The molecule has 7 heteroatoms. The van der Waals surface area contributed by atoms with E-state index in [0.29, 0.717) is 22.6 Å². The molecule has 0 saturated carbocycles. The molecule has 1 amide bonds. The van der Waals surface area contributed by atoms with Crippen LogP contribution in [0.5, 0.6) is 0 Å². The molecule has 0 atom stereocenters. The van der Waals surface area contributed by atoms with E-state index in [1.54, 1.807) is 37.3 Å². The van der Waals surface area contributed by atoms with Gasteiger partial charge in [0.2, 0.25) is 10.0 Å². The highest BCUT2D eigenvalue weighted by molar-refractivity contribution is 7.92. The van der Waals surface area contributed by atoms with Crippen molar-refractivity contribution in [3.8, 4) is 0 Å². The molecule has 1 heterocycles. The summed E-state index contributed by atoms with van der Waals surface area (Å²) < 4.78 is 25.4. The lowest BCUT2D eigenvalue weighted by Crippen LogP contribution is -2.17. The number of hydrogen-bond donors (Lipinski definition) is 2. The second kappa shape index (κ2) is 6.76. The van der Waals surface area contributed by atoms with Gasteiger partial charge in [-0.15, -0.1) is 0 Å². The zero-order chi connectivity index (χ0) is 18.9. The van der Waals surface area contributed by atoms with Crippen LogP contribution in [0.2, 0.25) is 0 Å². The normalized spacial score (nSPS) is 11.3. The Bertz CT molecular complexity index is 1110. The first-order valence-corrected chi connectivity index (χ1v) is 9.88. The van der Waals surface area contributed by atoms with Crippen LogP contribution < -0.4 is 10.0 Å². The van der Waals surface area contributed by atoms with Gasteiger partial charge in [0.25, 0.3) is 5.91 Å². The summed E-state index contributed by atoms with van der Waals surface area (Å²) in [5.74, 6) is -0.346. The van der Waals surface area contributed by atoms with Gasteiger partial charge in [0, 0.05) is 5.39 Å². The van der Waals surface area contributed by atoms with Crippen LogP contribution >= 0.6 is 0 Å². The molecule has 2 N–H and O–H groups in total. The number of hydrogen-bond acceptors (Lipinski definition) is 4. The summed E-state index contributed by atoms with van der Waals surface area (Å²) in [4.78, 5) is 17.2. The number of nitrogens with one attached hydrogen (secondary N) is 2. The van der Waals surface area contributed by atoms with Crippen LogP contribution in [-0.2, 0) is 10.0 Å². The fraction of sp³-hybridized carbons (Fsp3) is 0.158. The number of nitrogens with zero attached hydrogens (tertiary/aromatic N) is 1. The SMILES string of the molecule is Cc1ccc2nc(C)c(C(=O)Nc3ccccc3NS(C)(=O)=O)cc2c1. The van der Waals surface area contributed by atoms with E-state index in [1.165, 1.54) is 0 Å². The average molecular weight is 369 g/mol. The van der Waals surface area contributed by atoms with Gasteiger partial charge in [-0.25, -0.2) is 8.42 Å². The number of rotatable bonds is 4. The van der Waals surface area contributed by atoms with Crippen molar-refractivity contribution in [2.45, 2.75) is 13.8 Å². The molecule has 0 aliphatic heterocycles.